The summed E-state index contributed by atoms with van der Waals surface area (Å²) in [6.45, 7) is 0. The quantitative estimate of drug-likeness (QED) is 0.807. The number of amides is 1. The van der Waals surface area contributed by atoms with Crippen LogP contribution in [0.3, 0.4) is 0 Å². The standard InChI is InChI=1S/C13H9BrClFN2O/c14-8-3-7(4-9(15)5-8)13(19)18-12-2-1-10(16)6-11(12)17/h1-6H,17H2,(H,18,19). The van der Waals surface area contributed by atoms with Crippen LogP contribution in [-0.2, 0) is 0 Å². The molecule has 0 bridgehead atoms. The van der Waals surface area contributed by atoms with Gasteiger partial charge in [-0.15, -0.1) is 0 Å². The number of nitrogens with one attached hydrogen (secondary N) is 1. The second-order valence-corrected chi connectivity index (χ2v) is 5.20. The molecule has 0 atom stereocenters. The first-order valence-electron chi connectivity index (χ1n) is 5.28. The minimum atomic E-state index is -0.457. The number of nitrogen functional groups attached to an aromatic ring is 1. The predicted molar refractivity (Wildman–Crippen MR) is 77.9 cm³/mol. The van der Waals surface area contributed by atoms with E-state index < -0.39 is 5.82 Å². The Labute approximate surface area is 122 Å². The maximum Gasteiger partial charge on any atom is 0.255 e. The lowest BCUT2D eigenvalue weighted by molar-refractivity contribution is 0.102. The number of benzene rings is 2. The number of rotatable bonds is 2. The lowest BCUT2D eigenvalue weighted by atomic mass is 10.2. The van der Waals surface area contributed by atoms with Crippen molar-refractivity contribution in [3.05, 3.63) is 57.3 Å². The second kappa shape index (κ2) is 5.59. The van der Waals surface area contributed by atoms with Gasteiger partial charge in [0.15, 0.2) is 0 Å². The van der Waals surface area contributed by atoms with Crippen molar-refractivity contribution < 1.29 is 9.18 Å². The van der Waals surface area contributed by atoms with Gasteiger partial charge >= 0.3 is 0 Å². The van der Waals surface area contributed by atoms with Crippen LogP contribution in [0, 0.1) is 5.82 Å². The summed E-state index contributed by atoms with van der Waals surface area (Å²) in [7, 11) is 0. The van der Waals surface area contributed by atoms with Gasteiger partial charge < -0.3 is 11.1 Å². The van der Waals surface area contributed by atoms with Crippen LogP contribution in [0.1, 0.15) is 10.4 Å². The fraction of sp³-hybridized carbons (Fsp3) is 0. The van der Waals surface area contributed by atoms with Gasteiger partial charge in [0.2, 0.25) is 0 Å². The van der Waals surface area contributed by atoms with Crippen molar-refractivity contribution in [2.75, 3.05) is 11.1 Å². The van der Waals surface area contributed by atoms with Crippen molar-refractivity contribution in [1.82, 2.24) is 0 Å². The van der Waals surface area contributed by atoms with Crippen molar-refractivity contribution >= 4 is 44.8 Å². The summed E-state index contributed by atoms with van der Waals surface area (Å²) < 4.78 is 13.6. The molecule has 0 aromatic heterocycles. The number of carbonyl (C=O) groups excluding carboxylic acids is 1. The molecule has 3 nitrogen and oxygen atoms in total. The van der Waals surface area contributed by atoms with Crippen LogP contribution in [0.15, 0.2) is 40.9 Å². The normalized spacial score (nSPS) is 10.3. The van der Waals surface area contributed by atoms with E-state index in [9.17, 15) is 9.18 Å². The molecule has 0 fully saturated rings. The number of carbonyl (C=O) groups is 1. The van der Waals surface area contributed by atoms with E-state index in [1.807, 2.05) is 0 Å². The predicted octanol–water partition coefficient (Wildman–Crippen LogP) is 4.08. The van der Waals surface area contributed by atoms with Crippen LogP contribution in [0.2, 0.25) is 5.02 Å². The molecule has 0 aliphatic carbocycles. The Hall–Kier alpha value is -1.59. The van der Waals surface area contributed by atoms with Crippen molar-refractivity contribution in [3.63, 3.8) is 0 Å². The molecule has 0 radical (unpaired) electrons. The van der Waals surface area contributed by atoms with Gasteiger partial charge in [0.1, 0.15) is 5.82 Å². The summed E-state index contributed by atoms with van der Waals surface area (Å²) in [5, 5.41) is 3.03. The third kappa shape index (κ3) is 3.45. The summed E-state index contributed by atoms with van der Waals surface area (Å²) in [6.07, 6.45) is 0. The van der Waals surface area contributed by atoms with Gasteiger partial charge in [0, 0.05) is 15.1 Å². The molecule has 6 heteroatoms. The molecule has 0 aliphatic rings. The monoisotopic (exact) mass is 342 g/mol. The summed E-state index contributed by atoms with van der Waals surface area (Å²) in [4.78, 5) is 12.0. The highest BCUT2D eigenvalue weighted by atomic mass is 79.9. The fourth-order valence-electron chi connectivity index (χ4n) is 1.53. The van der Waals surface area contributed by atoms with E-state index in [2.05, 4.69) is 21.2 Å². The topological polar surface area (TPSA) is 55.1 Å². The van der Waals surface area contributed by atoms with E-state index in [-0.39, 0.29) is 11.6 Å². The maximum atomic E-state index is 12.9. The molecule has 98 valence electrons. The molecule has 2 aromatic rings. The van der Waals surface area contributed by atoms with E-state index in [4.69, 9.17) is 17.3 Å². The first kappa shape index (κ1) is 13.8. The Kier molecular flexibility index (Phi) is 4.07. The number of hydrogen-bond donors (Lipinski definition) is 2. The third-order valence-corrected chi connectivity index (χ3v) is 3.06. The Bertz CT molecular complexity index is 628. The van der Waals surface area contributed by atoms with Crippen LogP contribution in [0.4, 0.5) is 15.8 Å². The van der Waals surface area contributed by atoms with Crippen LogP contribution in [0.25, 0.3) is 0 Å². The summed E-state index contributed by atoms with van der Waals surface area (Å²) >= 11 is 9.12. The summed E-state index contributed by atoms with van der Waals surface area (Å²) in [5.74, 6) is -0.831. The van der Waals surface area contributed by atoms with Gasteiger partial charge in [0.25, 0.3) is 5.91 Å². The Morgan fingerprint density at radius 2 is 2.00 bits per heavy atom. The molecular weight excluding hydrogens is 335 g/mol. The van der Waals surface area contributed by atoms with Crippen LogP contribution in [0.5, 0.6) is 0 Å². The number of anilines is 2. The first-order chi connectivity index (χ1) is 8.95. The molecule has 0 saturated heterocycles. The molecule has 0 spiro atoms. The Morgan fingerprint density at radius 3 is 2.63 bits per heavy atom. The third-order valence-electron chi connectivity index (χ3n) is 2.39. The van der Waals surface area contributed by atoms with E-state index in [0.717, 1.165) is 6.07 Å². The average Bonchev–Trinajstić information content (AvgIpc) is 2.31. The largest absolute Gasteiger partial charge is 0.397 e. The van der Waals surface area contributed by atoms with Gasteiger partial charge in [-0.25, -0.2) is 4.39 Å². The Morgan fingerprint density at radius 1 is 1.26 bits per heavy atom. The van der Waals surface area contributed by atoms with Gasteiger partial charge in [0.05, 0.1) is 11.4 Å². The molecule has 19 heavy (non-hydrogen) atoms. The molecule has 0 heterocycles. The first-order valence-corrected chi connectivity index (χ1v) is 6.45. The lowest BCUT2D eigenvalue weighted by Crippen LogP contribution is -2.13. The summed E-state index contributed by atoms with van der Waals surface area (Å²) in [5.41, 5.74) is 6.51. The molecule has 0 unspecified atom stereocenters. The molecule has 0 aliphatic heterocycles. The SMILES string of the molecule is Nc1cc(F)ccc1NC(=O)c1cc(Cl)cc(Br)c1. The van der Waals surface area contributed by atoms with Crippen molar-refractivity contribution in [2.24, 2.45) is 0 Å². The zero-order chi connectivity index (χ0) is 14.0. The molecule has 2 aromatic carbocycles. The average molecular weight is 344 g/mol. The van der Waals surface area contributed by atoms with Crippen LogP contribution in [-0.4, -0.2) is 5.91 Å². The van der Waals surface area contributed by atoms with E-state index in [1.54, 1.807) is 12.1 Å². The maximum absolute atomic E-state index is 12.9. The van der Waals surface area contributed by atoms with E-state index in [1.165, 1.54) is 18.2 Å². The summed E-state index contributed by atoms with van der Waals surface area (Å²) in [6, 6.07) is 8.60. The minimum absolute atomic E-state index is 0.162. The zero-order valence-electron chi connectivity index (χ0n) is 9.58. The van der Waals surface area contributed by atoms with Crippen LogP contribution < -0.4 is 11.1 Å². The lowest BCUT2D eigenvalue weighted by Gasteiger charge is -2.08. The Balaban J connectivity index is 2.25. The second-order valence-electron chi connectivity index (χ2n) is 3.84. The van der Waals surface area contributed by atoms with E-state index >= 15 is 0 Å². The van der Waals surface area contributed by atoms with Gasteiger partial charge in [-0.05, 0) is 36.4 Å². The van der Waals surface area contributed by atoms with Gasteiger partial charge in [-0.1, -0.05) is 27.5 Å². The van der Waals surface area contributed by atoms with Crippen LogP contribution >= 0.6 is 27.5 Å². The zero-order valence-corrected chi connectivity index (χ0v) is 11.9. The number of nitrogens with two attached hydrogens (primary N) is 1. The molecule has 3 N–H and O–H groups in total. The molecule has 2 rings (SSSR count). The minimum Gasteiger partial charge on any atom is -0.397 e. The number of hydrogen-bond acceptors (Lipinski definition) is 2. The van der Waals surface area contributed by atoms with Crippen molar-refractivity contribution in [1.29, 1.82) is 0 Å². The highest BCUT2D eigenvalue weighted by Crippen LogP contribution is 2.23. The highest BCUT2D eigenvalue weighted by Gasteiger charge is 2.10. The molecular formula is C13H9BrClFN2O. The van der Waals surface area contributed by atoms with Crippen molar-refractivity contribution in [2.45, 2.75) is 0 Å². The van der Waals surface area contributed by atoms with Gasteiger partial charge in [-0.2, -0.15) is 0 Å². The van der Waals surface area contributed by atoms with E-state index in [0.29, 0.717) is 20.7 Å². The number of halogens is 3. The molecule has 0 saturated carbocycles. The van der Waals surface area contributed by atoms with Gasteiger partial charge in [-0.3, -0.25) is 4.79 Å². The highest BCUT2D eigenvalue weighted by molar-refractivity contribution is 9.10. The molecule has 1 amide bonds. The fourth-order valence-corrected chi connectivity index (χ4v) is 2.39. The van der Waals surface area contributed by atoms with Crippen molar-refractivity contribution in [3.8, 4) is 0 Å². The smallest absolute Gasteiger partial charge is 0.255 e.